The van der Waals surface area contributed by atoms with Crippen LogP contribution in [0.2, 0.25) is 5.02 Å². The highest BCUT2D eigenvalue weighted by atomic mass is 127. The van der Waals surface area contributed by atoms with Crippen LogP contribution >= 0.6 is 35.6 Å². The van der Waals surface area contributed by atoms with Crippen LogP contribution in [0.25, 0.3) is 0 Å². The number of rotatable bonds is 7. The topological polar surface area (TPSA) is 57.2 Å². The van der Waals surface area contributed by atoms with Gasteiger partial charge in [0.25, 0.3) is 0 Å². The SMILES string of the molecule is CCNC(=NCCCCC(=O)OC)N1CCN(c2ccccc2Cl)CC1.I. The van der Waals surface area contributed by atoms with Crippen LogP contribution in [-0.4, -0.2) is 63.2 Å². The van der Waals surface area contributed by atoms with Gasteiger partial charge in [-0.1, -0.05) is 23.7 Å². The van der Waals surface area contributed by atoms with Gasteiger partial charge in [0.1, 0.15) is 0 Å². The molecule has 0 amide bonds. The molecule has 0 atom stereocenters. The van der Waals surface area contributed by atoms with Gasteiger partial charge < -0.3 is 19.9 Å². The fourth-order valence-corrected chi connectivity index (χ4v) is 3.22. The van der Waals surface area contributed by atoms with E-state index >= 15 is 0 Å². The van der Waals surface area contributed by atoms with Crippen LogP contribution in [-0.2, 0) is 9.53 Å². The molecule has 0 aliphatic carbocycles. The number of ether oxygens (including phenoxy) is 1. The normalized spacial score (nSPS) is 14.6. The zero-order valence-corrected chi connectivity index (χ0v) is 19.2. The second kappa shape index (κ2) is 13.0. The molecule has 6 nitrogen and oxygen atoms in total. The van der Waals surface area contributed by atoms with Crippen molar-refractivity contribution in [1.82, 2.24) is 10.2 Å². The second-order valence-corrected chi connectivity index (χ2v) is 6.60. The smallest absolute Gasteiger partial charge is 0.305 e. The highest BCUT2D eigenvalue weighted by molar-refractivity contribution is 14.0. The summed E-state index contributed by atoms with van der Waals surface area (Å²) in [5, 5.41) is 4.17. The van der Waals surface area contributed by atoms with E-state index in [-0.39, 0.29) is 29.9 Å². The fraction of sp³-hybridized carbons (Fsp3) is 0.579. The number of hydrogen-bond acceptors (Lipinski definition) is 4. The number of aliphatic imine (C=N–C) groups is 1. The fourth-order valence-electron chi connectivity index (χ4n) is 2.96. The molecule has 1 aliphatic heterocycles. The highest BCUT2D eigenvalue weighted by Crippen LogP contribution is 2.25. The Morgan fingerprint density at radius 1 is 1.22 bits per heavy atom. The summed E-state index contributed by atoms with van der Waals surface area (Å²) in [5.74, 6) is 0.793. The predicted octanol–water partition coefficient (Wildman–Crippen LogP) is 3.39. The Kier molecular flexibility index (Phi) is 11.5. The number of unbranched alkanes of at least 4 members (excludes halogenated alkanes) is 1. The molecule has 1 heterocycles. The lowest BCUT2D eigenvalue weighted by Crippen LogP contribution is -2.52. The van der Waals surface area contributed by atoms with Gasteiger partial charge in [0.05, 0.1) is 17.8 Å². The summed E-state index contributed by atoms with van der Waals surface area (Å²) in [5.41, 5.74) is 1.10. The first-order chi connectivity index (χ1) is 12.7. The van der Waals surface area contributed by atoms with Crippen LogP contribution in [0.5, 0.6) is 0 Å². The summed E-state index contributed by atoms with van der Waals surface area (Å²) in [7, 11) is 1.42. The number of nitrogens with one attached hydrogen (secondary N) is 1. The van der Waals surface area contributed by atoms with E-state index in [9.17, 15) is 4.79 Å². The van der Waals surface area contributed by atoms with Crippen molar-refractivity contribution in [2.24, 2.45) is 4.99 Å². The molecule has 1 N–H and O–H groups in total. The minimum Gasteiger partial charge on any atom is -0.469 e. The van der Waals surface area contributed by atoms with Gasteiger partial charge in [-0.05, 0) is 31.9 Å². The van der Waals surface area contributed by atoms with Gasteiger partial charge >= 0.3 is 5.97 Å². The third kappa shape index (κ3) is 7.73. The minimum absolute atomic E-state index is 0. The Morgan fingerprint density at radius 2 is 1.93 bits per heavy atom. The van der Waals surface area contributed by atoms with E-state index in [0.717, 1.165) is 62.2 Å². The molecular formula is C19H30ClIN4O2. The first-order valence-electron chi connectivity index (χ1n) is 9.25. The molecule has 1 aliphatic rings. The van der Waals surface area contributed by atoms with Gasteiger partial charge in [0.2, 0.25) is 0 Å². The molecule has 0 unspecified atom stereocenters. The van der Waals surface area contributed by atoms with Crippen LogP contribution in [0.1, 0.15) is 26.2 Å². The predicted molar refractivity (Wildman–Crippen MR) is 122 cm³/mol. The lowest BCUT2D eigenvalue weighted by molar-refractivity contribution is -0.140. The second-order valence-electron chi connectivity index (χ2n) is 6.19. The number of methoxy groups -OCH3 is 1. The third-order valence-corrected chi connectivity index (χ3v) is 4.71. The summed E-state index contributed by atoms with van der Waals surface area (Å²) < 4.78 is 4.66. The van der Waals surface area contributed by atoms with Gasteiger partial charge in [-0.3, -0.25) is 9.79 Å². The number of carbonyl (C=O) groups excluding carboxylic acids is 1. The third-order valence-electron chi connectivity index (χ3n) is 4.39. The number of benzene rings is 1. The maximum absolute atomic E-state index is 11.1. The van der Waals surface area contributed by atoms with Crippen molar-refractivity contribution in [2.45, 2.75) is 26.2 Å². The van der Waals surface area contributed by atoms with Crippen LogP contribution < -0.4 is 10.2 Å². The number of piperazine rings is 1. The molecule has 8 heteroatoms. The Labute approximate surface area is 184 Å². The first-order valence-corrected chi connectivity index (χ1v) is 9.63. The maximum Gasteiger partial charge on any atom is 0.305 e. The highest BCUT2D eigenvalue weighted by Gasteiger charge is 2.20. The minimum atomic E-state index is -0.156. The Morgan fingerprint density at radius 3 is 2.56 bits per heavy atom. The average molecular weight is 509 g/mol. The monoisotopic (exact) mass is 508 g/mol. The molecule has 1 aromatic carbocycles. The lowest BCUT2D eigenvalue weighted by Gasteiger charge is -2.38. The number of nitrogens with zero attached hydrogens (tertiary/aromatic N) is 3. The van der Waals surface area contributed by atoms with Crippen LogP contribution in [0.15, 0.2) is 29.3 Å². The molecule has 1 fully saturated rings. The van der Waals surface area contributed by atoms with Crippen molar-refractivity contribution in [3.8, 4) is 0 Å². The van der Waals surface area contributed by atoms with Gasteiger partial charge in [-0.15, -0.1) is 24.0 Å². The van der Waals surface area contributed by atoms with Crippen LogP contribution in [0.4, 0.5) is 5.69 Å². The Hall–Kier alpha value is -1.22. The molecule has 1 aromatic rings. The standard InChI is InChI=1S/C19H29ClN4O2.HI/c1-3-21-19(22-11-7-6-10-18(25)26-2)24-14-12-23(13-15-24)17-9-5-4-8-16(17)20;/h4-5,8-9H,3,6-7,10-15H2,1-2H3,(H,21,22);1H. The molecule has 27 heavy (non-hydrogen) atoms. The van der Waals surface area contributed by atoms with Gasteiger partial charge in [0.15, 0.2) is 5.96 Å². The molecule has 0 bridgehead atoms. The van der Waals surface area contributed by atoms with Crippen molar-refractivity contribution >= 4 is 53.2 Å². The molecule has 1 saturated heterocycles. The number of halogens is 2. The van der Waals surface area contributed by atoms with E-state index in [4.69, 9.17) is 16.6 Å². The van der Waals surface area contributed by atoms with Gasteiger partial charge in [-0.2, -0.15) is 0 Å². The van der Waals surface area contributed by atoms with E-state index < -0.39 is 0 Å². The zero-order valence-electron chi connectivity index (χ0n) is 16.1. The molecule has 0 aromatic heterocycles. The molecule has 0 saturated carbocycles. The van der Waals surface area contributed by atoms with Crippen molar-refractivity contribution in [3.05, 3.63) is 29.3 Å². The van der Waals surface area contributed by atoms with Crippen molar-refractivity contribution in [1.29, 1.82) is 0 Å². The summed E-state index contributed by atoms with van der Waals surface area (Å²) in [6.45, 7) is 7.26. The molecule has 2 rings (SSSR count). The van der Waals surface area contributed by atoms with E-state index in [1.807, 2.05) is 18.2 Å². The summed E-state index contributed by atoms with van der Waals surface area (Å²) in [4.78, 5) is 20.5. The van der Waals surface area contributed by atoms with Crippen molar-refractivity contribution in [2.75, 3.05) is 51.3 Å². The molecule has 0 spiro atoms. The quantitative estimate of drug-likeness (QED) is 0.201. The molecule has 0 radical (unpaired) electrons. The van der Waals surface area contributed by atoms with E-state index in [1.165, 1.54) is 7.11 Å². The average Bonchev–Trinajstić information content (AvgIpc) is 2.67. The van der Waals surface area contributed by atoms with E-state index in [0.29, 0.717) is 13.0 Å². The van der Waals surface area contributed by atoms with Crippen molar-refractivity contribution < 1.29 is 9.53 Å². The zero-order chi connectivity index (χ0) is 18.8. The number of esters is 1. The Bertz CT molecular complexity index is 607. The number of carbonyl (C=O) groups is 1. The molecule has 152 valence electrons. The summed E-state index contributed by atoms with van der Waals surface area (Å²) in [6, 6.07) is 7.98. The van der Waals surface area contributed by atoms with Crippen molar-refractivity contribution in [3.63, 3.8) is 0 Å². The first kappa shape index (κ1) is 23.8. The molecular weight excluding hydrogens is 479 g/mol. The van der Waals surface area contributed by atoms with Crippen LogP contribution in [0, 0.1) is 0 Å². The number of guanidine groups is 1. The van der Waals surface area contributed by atoms with E-state index in [2.05, 4.69) is 32.8 Å². The number of para-hydroxylation sites is 1. The summed E-state index contributed by atoms with van der Waals surface area (Å²) in [6.07, 6.45) is 2.14. The number of hydrogen-bond donors (Lipinski definition) is 1. The Balaban J connectivity index is 0.00000364. The van der Waals surface area contributed by atoms with E-state index in [1.54, 1.807) is 0 Å². The number of anilines is 1. The summed E-state index contributed by atoms with van der Waals surface area (Å²) >= 11 is 6.31. The largest absolute Gasteiger partial charge is 0.469 e. The van der Waals surface area contributed by atoms with Crippen LogP contribution in [0.3, 0.4) is 0 Å². The van der Waals surface area contributed by atoms with Gasteiger partial charge in [-0.25, -0.2) is 0 Å². The lowest BCUT2D eigenvalue weighted by atomic mass is 10.2. The maximum atomic E-state index is 11.1. The van der Waals surface area contributed by atoms with Gasteiger partial charge in [0, 0.05) is 45.7 Å².